The number of rotatable bonds is 7. The van der Waals surface area contributed by atoms with E-state index in [4.69, 9.17) is 0 Å². The minimum atomic E-state index is -0.0772. The Balaban J connectivity index is 1.67. The van der Waals surface area contributed by atoms with Gasteiger partial charge in [0.25, 0.3) is 0 Å². The number of carbonyl (C=O) groups is 1. The van der Waals surface area contributed by atoms with Gasteiger partial charge in [0.05, 0.1) is 13.5 Å². The molecule has 2 aliphatic carbocycles. The lowest BCUT2D eigenvalue weighted by molar-refractivity contribution is -0.141. The van der Waals surface area contributed by atoms with Gasteiger partial charge in [0.1, 0.15) is 0 Å². The molecule has 0 aromatic rings. The van der Waals surface area contributed by atoms with Gasteiger partial charge in [-0.3, -0.25) is 4.79 Å². The number of nitrogens with zero attached hydrogens (tertiary/aromatic N) is 1. The highest BCUT2D eigenvalue weighted by molar-refractivity contribution is 5.69. The first kappa shape index (κ1) is 10.9. The molecule has 0 N–H and O–H groups in total. The zero-order valence-electron chi connectivity index (χ0n) is 9.58. The van der Waals surface area contributed by atoms with E-state index in [2.05, 4.69) is 9.64 Å². The molecule has 86 valence electrons. The molecule has 2 rings (SSSR count). The van der Waals surface area contributed by atoms with E-state index in [1.807, 2.05) is 0 Å². The maximum atomic E-state index is 11.1. The van der Waals surface area contributed by atoms with Crippen molar-refractivity contribution in [2.24, 2.45) is 11.8 Å². The van der Waals surface area contributed by atoms with Crippen molar-refractivity contribution in [3.63, 3.8) is 0 Å². The van der Waals surface area contributed by atoms with Crippen LogP contribution in [0.3, 0.4) is 0 Å². The van der Waals surface area contributed by atoms with Crippen molar-refractivity contribution in [1.29, 1.82) is 0 Å². The van der Waals surface area contributed by atoms with Crippen molar-refractivity contribution >= 4 is 5.97 Å². The van der Waals surface area contributed by atoms with E-state index in [9.17, 15) is 4.79 Å². The van der Waals surface area contributed by atoms with Crippen molar-refractivity contribution in [3.05, 3.63) is 0 Å². The Morgan fingerprint density at radius 1 is 1.20 bits per heavy atom. The fourth-order valence-electron chi connectivity index (χ4n) is 1.94. The van der Waals surface area contributed by atoms with Gasteiger partial charge in [0, 0.05) is 19.6 Å². The number of hydrogen-bond donors (Lipinski definition) is 0. The summed E-state index contributed by atoms with van der Waals surface area (Å²) in [5.41, 5.74) is 0. The first-order chi connectivity index (χ1) is 7.28. The second-order valence-corrected chi connectivity index (χ2v) is 4.97. The molecule has 0 bridgehead atoms. The highest BCUT2D eigenvalue weighted by atomic mass is 16.5. The predicted molar refractivity (Wildman–Crippen MR) is 58.5 cm³/mol. The van der Waals surface area contributed by atoms with E-state index < -0.39 is 0 Å². The van der Waals surface area contributed by atoms with Crippen molar-refractivity contribution in [3.8, 4) is 0 Å². The van der Waals surface area contributed by atoms with E-state index in [1.165, 1.54) is 45.9 Å². The molecule has 0 atom stereocenters. The second kappa shape index (κ2) is 4.97. The van der Waals surface area contributed by atoms with Crippen LogP contribution in [0.5, 0.6) is 0 Å². The summed E-state index contributed by atoms with van der Waals surface area (Å²) in [4.78, 5) is 13.5. The van der Waals surface area contributed by atoms with Crippen LogP contribution in [0.1, 0.15) is 32.1 Å². The van der Waals surface area contributed by atoms with Crippen LogP contribution in [0.25, 0.3) is 0 Å². The second-order valence-electron chi connectivity index (χ2n) is 4.97. The lowest BCUT2D eigenvalue weighted by atomic mass is 10.3. The molecule has 0 unspecified atom stereocenters. The Bertz CT molecular complexity index is 208. The summed E-state index contributed by atoms with van der Waals surface area (Å²) >= 11 is 0. The first-order valence-corrected chi connectivity index (χ1v) is 6.07. The van der Waals surface area contributed by atoms with Gasteiger partial charge in [-0.1, -0.05) is 0 Å². The van der Waals surface area contributed by atoms with Crippen LogP contribution < -0.4 is 0 Å². The molecule has 0 aromatic carbocycles. The molecule has 0 spiro atoms. The van der Waals surface area contributed by atoms with Crippen molar-refractivity contribution < 1.29 is 9.53 Å². The van der Waals surface area contributed by atoms with Gasteiger partial charge in [-0.05, 0) is 37.5 Å². The average Bonchev–Trinajstić information content (AvgIpc) is 3.08. The third-order valence-electron chi connectivity index (χ3n) is 3.29. The number of hydrogen-bond acceptors (Lipinski definition) is 3. The van der Waals surface area contributed by atoms with E-state index in [-0.39, 0.29) is 5.97 Å². The largest absolute Gasteiger partial charge is 0.469 e. The monoisotopic (exact) mass is 211 g/mol. The van der Waals surface area contributed by atoms with Crippen LogP contribution in [-0.4, -0.2) is 37.6 Å². The fraction of sp³-hybridized carbons (Fsp3) is 0.917. The average molecular weight is 211 g/mol. The van der Waals surface area contributed by atoms with Crippen LogP contribution in [-0.2, 0) is 9.53 Å². The van der Waals surface area contributed by atoms with Crippen molar-refractivity contribution in [2.75, 3.05) is 26.7 Å². The summed E-state index contributed by atoms with van der Waals surface area (Å²) < 4.78 is 4.68. The number of ether oxygens (including phenoxy) is 1. The minimum Gasteiger partial charge on any atom is -0.469 e. The maximum Gasteiger partial charge on any atom is 0.306 e. The lowest BCUT2D eigenvalue weighted by Gasteiger charge is -2.21. The molecular weight excluding hydrogens is 190 g/mol. The Morgan fingerprint density at radius 3 is 2.13 bits per heavy atom. The van der Waals surface area contributed by atoms with Crippen molar-refractivity contribution in [1.82, 2.24) is 4.90 Å². The highest BCUT2D eigenvalue weighted by Gasteiger charge is 2.29. The third kappa shape index (κ3) is 4.20. The van der Waals surface area contributed by atoms with Crippen LogP contribution in [0.4, 0.5) is 0 Å². The SMILES string of the molecule is COC(=O)CCN(CC1CC1)CC1CC1. The summed E-state index contributed by atoms with van der Waals surface area (Å²) in [7, 11) is 1.47. The van der Waals surface area contributed by atoms with Crippen LogP contribution in [0.15, 0.2) is 0 Å². The molecule has 0 saturated heterocycles. The van der Waals surface area contributed by atoms with E-state index >= 15 is 0 Å². The number of carbonyl (C=O) groups excluding carboxylic acids is 1. The Hall–Kier alpha value is -0.570. The normalized spacial score (nSPS) is 20.7. The standard InChI is InChI=1S/C12H21NO2/c1-15-12(14)6-7-13(8-10-2-3-10)9-11-4-5-11/h10-11H,2-9H2,1H3. The molecule has 0 heterocycles. The smallest absolute Gasteiger partial charge is 0.306 e. The van der Waals surface area contributed by atoms with Gasteiger partial charge in [0.2, 0.25) is 0 Å². The molecule has 0 amide bonds. The Kier molecular flexibility index (Phi) is 3.62. The maximum absolute atomic E-state index is 11.1. The molecule has 3 nitrogen and oxygen atoms in total. The van der Waals surface area contributed by atoms with E-state index in [1.54, 1.807) is 0 Å². The zero-order valence-corrected chi connectivity index (χ0v) is 9.58. The molecule has 3 heteroatoms. The molecule has 0 radical (unpaired) electrons. The van der Waals surface area contributed by atoms with Gasteiger partial charge in [-0.25, -0.2) is 0 Å². The molecular formula is C12H21NO2. The van der Waals surface area contributed by atoms with Crippen LogP contribution in [0.2, 0.25) is 0 Å². The third-order valence-corrected chi connectivity index (χ3v) is 3.29. The Labute approximate surface area is 91.8 Å². The lowest BCUT2D eigenvalue weighted by Crippen LogP contribution is -2.30. The Morgan fingerprint density at radius 2 is 1.73 bits per heavy atom. The highest BCUT2D eigenvalue weighted by Crippen LogP contribution is 2.33. The van der Waals surface area contributed by atoms with E-state index in [0.29, 0.717) is 6.42 Å². The zero-order chi connectivity index (χ0) is 10.7. The predicted octanol–water partition coefficient (Wildman–Crippen LogP) is 1.67. The summed E-state index contributed by atoms with van der Waals surface area (Å²) in [5, 5.41) is 0. The van der Waals surface area contributed by atoms with E-state index in [0.717, 1.165) is 18.4 Å². The first-order valence-electron chi connectivity index (χ1n) is 6.07. The van der Waals surface area contributed by atoms with Crippen LogP contribution >= 0.6 is 0 Å². The van der Waals surface area contributed by atoms with Gasteiger partial charge >= 0.3 is 5.97 Å². The molecule has 2 saturated carbocycles. The van der Waals surface area contributed by atoms with Gasteiger partial charge in [-0.2, -0.15) is 0 Å². The quantitative estimate of drug-likeness (QED) is 0.600. The molecule has 0 aromatic heterocycles. The molecule has 0 aliphatic heterocycles. The number of esters is 1. The number of methoxy groups -OCH3 is 1. The summed E-state index contributed by atoms with van der Waals surface area (Å²) in [5.74, 6) is 1.76. The topological polar surface area (TPSA) is 29.5 Å². The molecule has 2 aliphatic rings. The van der Waals surface area contributed by atoms with Crippen molar-refractivity contribution in [2.45, 2.75) is 32.1 Å². The van der Waals surface area contributed by atoms with Crippen LogP contribution in [0, 0.1) is 11.8 Å². The summed E-state index contributed by atoms with van der Waals surface area (Å²) in [6.45, 7) is 3.29. The van der Waals surface area contributed by atoms with Gasteiger partial charge in [0.15, 0.2) is 0 Å². The van der Waals surface area contributed by atoms with Gasteiger partial charge < -0.3 is 9.64 Å². The minimum absolute atomic E-state index is 0.0772. The molecule has 15 heavy (non-hydrogen) atoms. The molecule has 2 fully saturated rings. The summed E-state index contributed by atoms with van der Waals surface area (Å²) in [6, 6.07) is 0. The fourth-order valence-corrected chi connectivity index (χ4v) is 1.94. The summed E-state index contributed by atoms with van der Waals surface area (Å²) in [6.07, 6.45) is 6.10. The van der Waals surface area contributed by atoms with Gasteiger partial charge in [-0.15, -0.1) is 0 Å².